The van der Waals surface area contributed by atoms with Gasteiger partial charge in [-0.25, -0.2) is 0 Å². The second-order valence-corrected chi connectivity index (χ2v) is 6.49. The Kier molecular flexibility index (Phi) is 7.40. The molecule has 1 aliphatic rings. The van der Waals surface area contributed by atoms with E-state index >= 15 is 0 Å². The topological polar surface area (TPSA) is 44.8 Å². The first-order chi connectivity index (χ1) is 11.1. The van der Waals surface area contributed by atoms with Crippen LogP contribution in [-0.4, -0.2) is 25.5 Å². The van der Waals surface area contributed by atoms with Crippen LogP contribution in [0.5, 0.6) is 5.75 Å². The minimum absolute atomic E-state index is 0.138. The number of carbonyl (C=O) groups excluding carboxylic acids is 1. The molecule has 128 valence electrons. The Morgan fingerprint density at radius 3 is 2.70 bits per heavy atom. The Morgan fingerprint density at radius 2 is 2.04 bits per heavy atom. The van der Waals surface area contributed by atoms with E-state index in [0.29, 0.717) is 18.9 Å². The summed E-state index contributed by atoms with van der Waals surface area (Å²) >= 11 is 0. The largest absolute Gasteiger partial charge is 0.465 e. The van der Waals surface area contributed by atoms with Gasteiger partial charge in [-0.3, -0.25) is 4.79 Å². The molecule has 2 rings (SSSR count). The van der Waals surface area contributed by atoms with Gasteiger partial charge in [0.15, 0.2) is 6.29 Å². The van der Waals surface area contributed by atoms with Crippen LogP contribution >= 0.6 is 0 Å². The fourth-order valence-electron chi connectivity index (χ4n) is 2.54. The van der Waals surface area contributed by atoms with Gasteiger partial charge in [0.2, 0.25) is 0 Å². The number of hydrogen-bond acceptors (Lipinski definition) is 4. The Hall–Kier alpha value is -1.55. The smallest absolute Gasteiger partial charge is 0.310 e. The zero-order valence-corrected chi connectivity index (χ0v) is 14.3. The van der Waals surface area contributed by atoms with Gasteiger partial charge < -0.3 is 14.2 Å². The van der Waals surface area contributed by atoms with Crippen molar-refractivity contribution in [3.63, 3.8) is 0 Å². The molecule has 23 heavy (non-hydrogen) atoms. The SMILES string of the molecule is CC(C)CCCOC(=O)Cc1ccc(OC2CCCCO2)cc1. The lowest BCUT2D eigenvalue weighted by molar-refractivity contribution is -0.143. The summed E-state index contributed by atoms with van der Waals surface area (Å²) in [6.07, 6.45) is 5.37. The highest BCUT2D eigenvalue weighted by Gasteiger charge is 2.15. The van der Waals surface area contributed by atoms with Crippen LogP contribution in [0.3, 0.4) is 0 Å². The van der Waals surface area contributed by atoms with Crippen molar-refractivity contribution in [2.24, 2.45) is 5.92 Å². The van der Waals surface area contributed by atoms with Crippen molar-refractivity contribution in [2.75, 3.05) is 13.2 Å². The van der Waals surface area contributed by atoms with E-state index in [4.69, 9.17) is 14.2 Å². The molecule has 4 nitrogen and oxygen atoms in total. The van der Waals surface area contributed by atoms with Gasteiger partial charge in [0, 0.05) is 6.42 Å². The van der Waals surface area contributed by atoms with E-state index in [1.165, 1.54) is 0 Å². The normalized spacial score (nSPS) is 18.0. The molecule has 1 aromatic rings. The second kappa shape index (κ2) is 9.56. The van der Waals surface area contributed by atoms with Gasteiger partial charge in [0.05, 0.1) is 19.6 Å². The summed E-state index contributed by atoms with van der Waals surface area (Å²) < 4.78 is 16.6. The third-order valence-corrected chi connectivity index (χ3v) is 3.87. The monoisotopic (exact) mass is 320 g/mol. The molecule has 1 aromatic carbocycles. The highest BCUT2D eigenvalue weighted by atomic mass is 16.7. The van der Waals surface area contributed by atoms with Crippen LogP contribution in [-0.2, 0) is 20.7 Å². The summed E-state index contributed by atoms with van der Waals surface area (Å²) in [6.45, 7) is 5.62. The maximum atomic E-state index is 11.8. The number of benzene rings is 1. The highest BCUT2D eigenvalue weighted by molar-refractivity contribution is 5.72. The Morgan fingerprint density at radius 1 is 1.26 bits per heavy atom. The summed E-state index contributed by atoms with van der Waals surface area (Å²) in [5.74, 6) is 1.26. The van der Waals surface area contributed by atoms with Crippen molar-refractivity contribution < 1.29 is 19.0 Å². The molecule has 0 bridgehead atoms. The van der Waals surface area contributed by atoms with Crippen LogP contribution in [0.25, 0.3) is 0 Å². The van der Waals surface area contributed by atoms with Crippen molar-refractivity contribution >= 4 is 5.97 Å². The molecule has 1 saturated heterocycles. The lowest BCUT2D eigenvalue weighted by Crippen LogP contribution is -2.24. The quantitative estimate of drug-likeness (QED) is 0.534. The van der Waals surface area contributed by atoms with Gasteiger partial charge in [-0.05, 0) is 49.3 Å². The van der Waals surface area contributed by atoms with E-state index in [2.05, 4.69) is 13.8 Å². The molecule has 1 fully saturated rings. The summed E-state index contributed by atoms with van der Waals surface area (Å²) in [4.78, 5) is 11.8. The van der Waals surface area contributed by atoms with Crippen LogP contribution in [0.2, 0.25) is 0 Å². The molecule has 0 N–H and O–H groups in total. The first kappa shape index (κ1) is 17.8. The number of hydrogen-bond donors (Lipinski definition) is 0. The van der Waals surface area contributed by atoms with Crippen molar-refractivity contribution in [1.82, 2.24) is 0 Å². The van der Waals surface area contributed by atoms with Gasteiger partial charge in [-0.15, -0.1) is 0 Å². The summed E-state index contributed by atoms with van der Waals surface area (Å²) in [6, 6.07) is 7.60. The third kappa shape index (κ3) is 7.04. The summed E-state index contributed by atoms with van der Waals surface area (Å²) in [7, 11) is 0. The standard InChI is InChI=1S/C19H28O4/c1-15(2)6-5-13-21-18(20)14-16-8-10-17(11-9-16)23-19-7-3-4-12-22-19/h8-11,15,19H,3-7,12-14H2,1-2H3. The molecule has 4 heteroatoms. The van der Waals surface area contributed by atoms with E-state index in [1.807, 2.05) is 24.3 Å². The zero-order valence-electron chi connectivity index (χ0n) is 14.3. The average molecular weight is 320 g/mol. The van der Waals surface area contributed by atoms with Crippen LogP contribution in [0.15, 0.2) is 24.3 Å². The second-order valence-electron chi connectivity index (χ2n) is 6.49. The molecule has 0 amide bonds. The predicted molar refractivity (Wildman–Crippen MR) is 89.4 cm³/mol. The molecular weight excluding hydrogens is 292 g/mol. The summed E-state index contributed by atoms with van der Waals surface area (Å²) in [5, 5.41) is 0. The minimum Gasteiger partial charge on any atom is -0.465 e. The molecule has 1 unspecified atom stereocenters. The third-order valence-electron chi connectivity index (χ3n) is 3.87. The van der Waals surface area contributed by atoms with E-state index in [-0.39, 0.29) is 12.3 Å². The molecule has 0 aliphatic carbocycles. The zero-order chi connectivity index (χ0) is 16.5. The summed E-state index contributed by atoms with van der Waals surface area (Å²) in [5.41, 5.74) is 0.941. The van der Waals surface area contributed by atoms with Gasteiger partial charge >= 0.3 is 5.97 Å². The molecule has 0 spiro atoms. The number of ether oxygens (including phenoxy) is 3. The molecule has 0 radical (unpaired) electrons. The lowest BCUT2D eigenvalue weighted by atomic mass is 10.1. The molecule has 1 atom stereocenters. The Labute approximate surface area is 139 Å². The van der Waals surface area contributed by atoms with E-state index < -0.39 is 0 Å². The molecular formula is C19H28O4. The van der Waals surface area contributed by atoms with Gasteiger partial charge in [-0.1, -0.05) is 26.0 Å². The maximum absolute atomic E-state index is 11.8. The molecule has 1 aliphatic heterocycles. The minimum atomic E-state index is -0.168. The molecule has 1 heterocycles. The van der Waals surface area contributed by atoms with E-state index in [9.17, 15) is 4.79 Å². The molecule has 0 saturated carbocycles. The number of carbonyl (C=O) groups is 1. The van der Waals surface area contributed by atoms with E-state index in [1.54, 1.807) is 0 Å². The van der Waals surface area contributed by atoms with Crippen LogP contribution in [0.1, 0.15) is 51.5 Å². The number of rotatable bonds is 8. The van der Waals surface area contributed by atoms with E-state index in [0.717, 1.165) is 50.0 Å². The predicted octanol–water partition coefficient (Wildman–Crippen LogP) is 4.11. The maximum Gasteiger partial charge on any atom is 0.310 e. The number of esters is 1. The first-order valence-corrected chi connectivity index (χ1v) is 8.66. The van der Waals surface area contributed by atoms with Gasteiger partial charge in [-0.2, -0.15) is 0 Å². The van der Waals surface area contributed by atoms with Crippen LogP contribution < -0.4 is 4.74 Å². The van der Waals surface area contributed by atoms with Crippen LogP contribution in [0, 0.1) is 5.92 Å². The highest BCUT2D eigenvalue weighted by Crippen LogP contribution is 2.19. The average Bonchev–Trinajstić information content (AvgIpc) is 2.54. The molecule has 0 aromatic heterocycles. The first-order valence-electron chi connectivity index (χ1n) is 8.66. The van der Waals surface area contributed by atoms with Crippen molar-refractivity contribution in [2.45, 2.75) is 58.7 Å². The fraction of sp³-hybridized carbons (Fsp3) is 0.632. The van der Waals surface area contributed by atoms with Crippen LogP contribution in [0.4, 0.5) is 0 Å². The van der Waals surface area contributed by atoms with Crippen molar-refractivity contribution in [3.05, 3.63) is 29.8 Å². The van der Waals surface area contributed by atoms with Gasteiger partial charge in [0.25, 0.3) is 0 Å². The Bertz CT molecular complexity index is 461. The Balaban J connectivity index is 1.70. The van der Waals surface area contributed by atoms with Crippen molar-refractivity contribution in [3.8, 4) is 5.75 Å². The fourth-order valence-corrected chi connectivity index (χ4v) is 2.54. The lowest BCUT2D eigenvalue weighted by Gasteiger charge is -2.23. The van der Waals surface area contributed by atoms with Gasteiger partial charge in [0.1, 0.15) is 5.75 Å². The van der Waals surface area contributed by atoms with Crippen molar-refractivity contribution in [1.29, 1.82) is 0 Å².